The first kappa shape index (κ1) is 23.9. The highest BCUT2D eigenvalue weighted by atomic mass is 16.5. The average Bonchev–Trinajstić information content (AvgIpc) is 2.86. The number of ether oxygens (including phenoxy) is 2. The summed E-state index contributed by atoms with van der Waals surface area (Å²) in [6.07, 6.45) is 2.30. The Balaban J connectivity index is 1.78. The van der Waals surface area contributed by atoms with Gasteiger partial charge in [-0.1, -0.05) is 6.92 Å². The van der Waals surface area contributed by atoms with Gasteiger partial charge >= 0.3 is 0 Å². The molecule has 0 aromatic rings. The third kappa shape index (κ3) is 2.79. The maximum absolute atomic E-state index is 13.6. The third-order valence-corrected chi connectivity index (χ3v) is 8.15. The van der Waals surface area contributed by atoms with Crippen molar-refractivity contribution < 1.29 is 28.7 Å². The fraction of sp³-hybridized carbons (Fsp3) is 0.444. The summed E-state index contributed by atoms with van der Waals surface area (Å²) in [7, 11) is 4.55. The molecule has 0 aromatic carbocycles. The van der Waals surface area contributed by atoms with Crippen LogP contribution < -0.4 is 0 Å². The number of rotatable bonds is 3. The Labute approximate surface area is 209 Å². The average molecular weight is 490 g/mol. The van der Waals surface area contributed by atoms with Crippen LogP contribution >= 0.6 is 0 Å². The first-order chi connectivity index (χ1) is 17.1. The van der Waals surface area contributed by atoms with Gasteiger partial charge < -0.3 is 14.4 Å². The highest BCUT2D eigenvalue weighted by Crippen LogP contribution is 2.49. The molecule has 3 aliphatic heterocycles. The topological polar surface area (TPSA) is 117 Å². The van der Waals surface area contributed by atoms with Crippen LogP contribution in [0.2, 0.25) is 0 Å². The molecule has 0 aromatic heterocycles. The highest BCUT2D eigenvalue weighted by Gasteiger charge is 2.56. The van der Waals surface area contributed by atoms with Crippen molar-refractivity contribution in [3.05, 3.63) is 56.7 Å². The molecule has 0 amide bonds. The monoisotopic (exact) mass is 489 g/mol. The molecular weight excluding hydrogens is 462 g/mol. The van der Waals surface area contributed by atoms with Crippen molar-refractivity contribution in [1.29, 1.82) is 5.26 Å². The van der Waals surface area contributed by atoms with Gasteiger partial charge in [-0.3, -0.25) is 24.1 Å². The van der Waals surface area contributed by atoms with E-state index in [2.05, 4.69) is 6.07 Å². The van der Waals surface area contributed by atoms with Gasteiger partial charge in [-0.25, -0.2) is 0 Å². The van der Waals surface area contributed by atoms with Crippen LogP contribution in [0.15, 0.2) is 56.7 Å². The first-order valence-corrected chi connectivity index (χ1v) is 11.9. The third-order valence-electron chi connectivity index (χ3n) is 8.15. The lowest BCUT2D eigenvalue weighted by Gasteiger charge is -2.57. The van der Waals surface area contributed by atoms with E-state index >= 15 is 0 Å². The molecule has 186 valence electrons. The van der Waals surface area contributed by atoms with Gasteiger partial charge in [-0.2, -0.15) is 5.26 Å². The summed E-state index contributed by atoms with van der Waals surface area (Å²) < 4.78 is 10.6. The molecule has 0 unspecified atom stereocenters. The van der Waals surface area contributed by atoms with E-state index in [-0.39, 0.29) is 57.8 Å². The minimum Gasteiger partial charge on any atom is -0.492 e. The van der Waals surface area contributed by atoms with Crippen LogP contribution in [0.3, 0.4) is 0 Å². The van der Waals surface area contributed by atoms with Gasteiger partial charge in [0, 0.05) is 45.2 Å². The molecule has 0 saturated carbocycles. The maximum Gasteiger partial charge on any atom is 0.226 e. The zero-order valence-corrected chi connectivity index (χ0v) is 21.1. The minimum atomic E-state index is -0.706. The summed E-state index contributed by atoms with van der Waals surface area (Å²) in [6.45, 7) is 5.02. The van der Waals surface area contributed by atoms with E-state index in [1.807, 2.05) is 23.8 Å². The molecule has 36 heavy (non-hydrogen) atoms. The lowest BCUT2D eigenvalue weighted by atomic mass is 9.70. The lowest BCUT2D eigenvalue weighted by molar-refractivity contribution is -0.121. The van der Waals surface area contributed by atoms with Crippen LogP contribution in [0.4, 0.5) is 0 Å². The summed E-state index contributed by atoms with van der Waals surface area (Å²) >= 11 is 0. The Morgan fingerprint density at radius 1 is 0.972 bits per heavy atom. The predicted octanol–water partition coefficient (Wildman–Crippen LogP) is 1.68. The molecule has 9 heteroatoms. The number of fused-ring (bicyclic) bond motifs is 5. The van der Waals surface area contributed by atoms with Crippen LogP contribution in [0.5, 0.6) is 0 Å². The van der Waals surface area contributed by atoms with Crippen molar-refractivity contribution in [3.63, 3.8) is 0 Å². The fourth-order valence-corrected chi connectivity index (χ4v) is 6.47. The zero-order valence-electron chi connectivity index (χ0n) is 21.1. The van der Waals surface area contributed by atoms with E-state index in [0.29, 0.717) is 28.8 Å². The Morgan fingerprint density at radius 3 is 2.11 bits per heavy atom. The number of Topliss-reactive ketones (excluding diaryl/α,β-unsaturated/α-hetero) is 4. The van der Waals surface area contributed by atoms with Gasteiger partial charge in [-0.05, 0) is 39.8 Å². The standard InChI is InChI=1S/C27H27N3O6/c1-7-15-19-13(22(31)11(2)26(35-5)24(19)33)9-17-21-20-14(23(32)12(3)27(36-6)25(20)34)8-16(29(21)4)18(10-28)30(15)17/h9,15-16,18,21H,7-8H2,1-6H3/t15-,16-,18-,21-/m0/s1. The van der Waals surface area contributed by atoms with Crippen LogP contribution in [0, 0.1) is 11.3 Å². The molecule has 4 atom stereocenters. The van der Waals surface area contributed by atoms with E-state index in [0.717, 1.165) is 0 Å². The van der Waals surface area contributed by atoms with Crippen LogP contribution in [-0.2, 0) is 28.7 Å². The molecule has 5 aliphatic rings. The molecule has 1 fully saturated rings. The zero-order chi connectivity index (χ0) is 26.2. The Kier molecular flexibility index (Phi) is 5.41. The number of carbonyl (C=O) groups is 4. The summed E-state index contributed by atoms with van der Waals surface area (Å²) in [5.74, 6) is -1.29. The largest absolute Gasteiger partial charge is 0.492 e. The number of likely N-dealkylation sites (N-methyl/N-ethyl adjacent to an activating group) is 1. The summed E-state index contributed by atoms with van der Waals surface area (Å²) in [5, 5.41) is 10.3. The van der Waals surface area contributed by atoms with E-state index in [4.69, 9.17) is 9.47 Å². The van der Waals surface area contributed by atoms with Crippen molar-refractivity contribution >= 4 is 23.1 Å². The van der Waals surface area contributed by atoms with Gasteiger partial charge in [-0.15, -0.1) is 0 Å². The molecule has 0 N–H and O–H groups in total. The lowest BCUT2D eigenvalue weighted by Crippen LogP contribution is -2.67. The number of hydrogen-bond acceptors (Lipinski definition) is 9. The normalized spacial score (nSPS) is 30.2. The predicted molar refractivity (Wildman–Crippen MR) is 127 cm³/mol. The van der Waals surface area contributed by atoms with Gasteiger partial charge in [0.05, 0.1) is 32.4 Å². The number of methoxy groups -OCH3 is 2. The Bertz CT molecular complexity index is 1370. The van der Waals surface area contributed by atoms with E-state index < -0.39 is 24.2 Å². The number of piperazine rings is 1. The van der Waals surface area contributed by atoms with Crippen LogP contribution in [0.25, 0.3) is 0 Å². The minimum absolute atomic E-state index is 0.00958. The van der Waals surface area contributed by atoms with Gasteiger partial charge in [0.1, 0.15) is 6.04 Å². The molecule has 1 saturated heterocycles. The van der Waals surface area contributed by atoms with Crippen molar-refractivity contribution in [2.75, 3.05) is 21.3 Å². The molecule has 0 spiro atoms. The number of nitrogens with zero attached hydrogens (tertiary/aromatic N) is 3. The van der Waals surface area contributed by atoms with Crippen molar-refractivity contribution in [1.82, 2.24) is 9.80 Å². The number of hydrogen-bond donors (Lipinski definition) is 0. The first-order valence-electron chi connectivity index (χ1n) is 11.9. The second kappa shape index (κ2) is 8.14. The number of ketones is 4. The van der Waals surface area contributed by atoms with E-state index in [1.54, 1.807) is 19.9 Å². The second-order valence-electron chi connectivity index (χ2n) is 9.67. The van der Waals surface area contributed by atoms with Gasteiger partial charge in [0.25, 0.3) is 0 Å². The second-order valence-corrected chi connectivity index (χ2v) is 9.67. The Hall–Kier alpha value is -3.77. The summed E-state index contributed by atoms with van der Waals surface area (Å²) in [5.41, 5.74) is 2.29. The molecule has 2 bridgehead atoms. The van der Waals surface area contributed by atoms with E-state index in [1.165, 1.54) is 14.2 Å². The molecule has 3 heterocycles. The number of carbonyl (C=O) groups excluding carboxylic acids is 4. The van der Waals surface area contributed by atoms with Crippen molar-refractivity contribution in [2.45, 2.75) is 57.8 Å². The van der Waals surface area contributed by atoms with Gasteiger partial charge in [0.2, 0.25) is 11.6 Å². The molecule has 2 aliphatic carbocycles. The molecular formula is C27H27N3O6. The molecule has 5 rings (SSSR count). The maximum atomic E-state index is 13.6. The van der Waals surface area contributed by atoms with Gasteiger partial charge in [0.15, 0.2) is 23.1 Å². The van der Waals surface area contributed by atoms with Crippen LogP contribution in [-0.4, -0.2) is 78.4 Å². The number of nitriles is 1. The quantitative estimate of drug-likeness (QED) is 0.546. The summed E-state index contributed by atoms with van der Waals surface area (Å²) in [4.78, 5) is 57.6. The fourth-order valence-electron chi connectivity index (χ4n) is 6.47. The Morgan fingerprint density at radius 2 is 1.56 bits per heavy atom. The highest BCUT2D eigenvalue weighted by molar-refractivity contribution is 6.27. The van der Waals surface area contributed by atoms with Crippen molar-refractivity contribution in [3.8, 4) is 6.07 Å². The van der Waals surface area contributed by atoms with Crippen LogP contribution in [0.1, 0.15) is 33.6 Å². The molecule has 9 nitrogen and oxygen atoms in total. The van der Waals surface area contributed by atoms with Crippen molar-refractivity contribution in [2.24, 2.45) is 0 Å². The smallest absolute Gasteiger partial charge is 0.226 e. The van der Waals surface area contributed by atoms with E-state index in [9.17, 15) is 24.4 Å². The SMILES string of the molecule is CC[C@H]1C2=C(C=C3[C@H]4C5=C(C[C@@H]([C@H](C#N)N31)N4C)C(=O)C(C)=C(OC)C5=O)C(=O)C(C)=C(OC)C2=O. The molecule has 0 radical (unpaired) electrons. The number of allylic oxidation sites excluding steroid dienone is 6. The summed E-state index contributed by atoms with van der Waals surface area (Å²) in [6, 6.07) is 0.0565.